The Bertz CT molecular complexity index is 875. The largest absolute Gasteiger partial charge is 0.393 e. The number of amides is 3. The van der Waals surface area contributed by atoms with Crippen molar-refractivity contribution in [3.05, 3.63) is 36.0 Å². The number of H-pyrrole nitrogens is 1. The molecule has 3 amide bonds. The van der Waals surface area contributed by atoms with E-state index in [0.717, 1.165) is 10.9 Å². The summed E-state index contributed by atoms with van der Waals surface area (Å²) in [6.07, 6.45) is 2.36. The summed E-state index contributed by atoms with van der Waals surface area (Å²) in [7, 11) is 0. The van der Waals surface area contributed by atoms with Gasteiger partial charge in [0.05, 0.1) is 6.10 Å². The highest BCUT2D eigenvalue weighted by Gasteiger charge is 2.30. The van der Waals surface area contributed by atoms with Gasteiger partial charge in [-0.3, -0.25) is 14.4 Å². The Kier molecular flexibility index (Phi) is 5.53. The molecule has 1 aromatic heterocycles. The fraction of sp³-hybridized carbons (Fsp3) is 0.476. The summed E-state index contributed by atoms with van der Waals surface area (Å²) in [5.74, 6) is -1.24. The van der Waals surface area contributed by atoms with Gasteiger partial charge in [0.25, 0.3) is 5.91 Å². The highest BCUT2D eigenvalue weighted by Crippen LogP contribution is 2.19. The number of nitrogens with zero attached hydrogens (tertiary/aromatic N) is 2. The number of aromatic amines is 1. The van der Waals surface area contributed by atoms with Crippen molar-refractivity contribution in [2.75, 3.05) is 26.2 Å². The maximum absolute atomic E-state index is 12.8. The van der Waals surface area contributed by atoms with Gasteiger partial charge in [0.2, 0.25) is 0 Å². The van der Waals surface area contributed by atoms with Crippen LogP contribution in [-0.4, -0.2) is 75.9 Å². The van der Waals surface area contributed by atoms with Crippen LogP contribution in [0.3, 0.4) is 0 Å². The molecule has 0 spiro atoms. The molecule has 1 aromatic carbocycles. The van der Waals surface area contributed by atoms with Gasteiger partial charge in [-0.1, -0.05) is 18.2 Å². The summed E-state index contributed by atoms with van der Waals surface area (Å²) in [5.41, 5.74) is 1.44. The third-order valence-electron chi connectivity index (χ3n) is 5.84. The molecule has 8 heteroatoms. The molecule has 3 N–H and O–H groups in total. The van der Waals surface area contributed by atoms with Gasteiger partial charge in [-0.2, -0.15) is 0 Å². The average molecular weight is 398 g/mol. The molecule has 4 rings (SSSR count). The lowest BCUT2D eigenvalue weighted by molar-refractivity contribution is -0.147. The quantitative estimate of drug-likeness (QED) is 0.653. The van der Waals surface area contributed by atoms with E-state index in [1.165, 1.54) is 4.90 Å². The number of carbonyl (C=O) groups is 3. The van der Waals surface area contributed by atoms with Crippen LogP contribution >= 0.6 is 0 Å². The first-order chi connectivity index (χ1) is 14.0. The summed E-state index contributed by atoms with van der Waals surface area (Å²) in [6.45, 7) is 1.45. The van der Waals surface area contributed by atoms with Crippen LogP contribution < -0.4 is 5.32 Å². The third kappa shape index (κ3) is 4.27. The fourth-order valence-corrected chi connectivity index (χ4v) is 4.08. The minimum absolute atomic E-state index is 0.0558. The van der Waals surface area contributed by atoms with Crippen molar-refractivity contribution in [3.8, 4) is 0 Å². The van der Waals surface area contributed by atoms with Crippen molar-refractivity contribution in [3.63, 3.8) is 0 Å². The Morgan fingerprint density at radius 2 is 1.62 bits per heavy atom. The molecular formula is C21H26N4O4. The van der Waals surface area contributed by atoms with Crippen LogP contribution in [0.2, 0.25) is 0 Å². The van der Waals surface area contributed by atoms with E-state index in [4.69, 9.17) is 0 Å². The molecule has 2 aliphatic rings. The van der Waals surface area contributed by atoms with Gasteiger partial charge in [0.1, 0.15) is 5.69 Å². The van der Waals surface area contributed by atoms with Crippen molar-refractivity contribution in [1.82, 2.24) is 20.1 Å². The third-order valence-corrected chi connectivity index (χ3v) is 5.84. The summed E-state index contributed by atoms with van der Waals surface area (Å²) in [5, 5.41) is 13.3. The number of aliphatic hydroxyl groups is 1. The molecule has 0 unspecified atom stereocenters. The Labute approximate surface area is 168 Å². The van der Waals surface area contributed by atoms with Crippen LogP contribution in [-0.2, 0) is 9.59 Å². The molecule has 0 radical (unpaired) electrons. The lowest BCUT2D eigenvalue weighted by atomic mass is 9.93. The van der Waals surface area contributed by atoms with Crippen LogP contribution in [0.15, 0.2) is 30.3 Å². The van der Waals surface area contributed by atoms with E-state index in [2.05, 4.69) is 10.3 Å². The minimum atomic E-state index is -0.596. The van der Waals surface area contributed by atoms with Crippen LogP contribution in [0.4, 0.5) is 0 Å². The molecular weight excluding hydrogens is 372 g/mol. The van der Waals surface area contributed by atoms with Crippen LogP contribution in [0, 0.1) is 0 Å². The Morgan fingerprint density at radius 3 is 2.31 bits per heavy atom. The van der Waals surface area contributed by atoms with Gasteiger partial charge < -0.3 is 25.2 Å². The maximum atomic E-state index is 12.8. The number of aliphatic hydroxyl groups excluding tert-OH is 1. The molecule has 1 aliphatic heterocycles. The van der Waals surface area contributed by atoms with Crippen molar-refractivity contribution < 1.29 is 19.5 Å². The highest BCUT2D eigenvalue weighted by atomic mass is 16.3. The van der Waals surface area contributed by atoms with E-state index in [1.807, 2.05) is 30.3 Å². The van der Waals surface area contributed by atoms with Crippen LogP contribution in [0.25, 0.3) is 10.9 Å². The topological polar surface area (TPSA) is 106 Å². The number of nitrogens with one attached hydrogen (secondary N) is 2. The molecule has 2 aromatic rings. The molecule has 29 heavy (non-hydrogen) atoms. The van der Waals surface area contributed by atoms with Gasteiger partial charge in [-0.15, -0.1) is 0 Å². The molecule has 1 saturated heterocycles. The summed E-state index contributed by atoms with van der Waals surface area (Å²) in [6, 6.07) is 9.50. The minimum Gasteiger partial charge on any atom is -0.393 e. The highest BCUT2D eigenvalue weighted by molar-refractivity contribution is 6.35. The number of hydrogen-bond donors (Lipinski definition) is 3. The lowest BCUT2D eigenvalue weighted by Gasteiger charge is -2.34. The Hall–Kier alpha value is -2.87. The number of rotatable bonds is 2. The second-order valence-corrected chi connectivity index (χ2v) is 7.83. The number of piperazine rings is 1. The van der Waals surface area contributed by atoms with E-state index >= 15 is 0 Å². The first-order valence-corrected chi connectivity index (χ1v) is 10.2. The van der Waals surface area contributed by atoms with Gasteiger partial charge in [-0.25, -0.2) is 0 Å². The predicted octanol–water partition coefficient (Wildman–Crippen LogP) is 0.872. The molecule has 0 atom stereocenters. The maximum Gasteiger partial charge on any atom is 0.312 e. The normalized spacial score (nSPS) is 22.5. The van der Waals surface area contributed by atoms with Gasteiger partial charge >= 0.3 is 11.8 Å². The van der Waals surface area contributed by atoms with E-state index < -0.39 is 11.8 Å². The number of para-hydroxylation sites is 1. The zero-order valence-electron chi connectivity index (χ0n) is 16.3. The molecule has 8 nitrogen and oxygen atoms in total. The summed E-state index contributed by atoms with van der Waals surface area (Å²) < 4.78 is 0. The Morgan fingerprint density at radius 1 is 0.966 bits per heavy atom. The van der Waals surface area contributed by atoms with Gasteiger partial charge in [0.15, 0.2) is 0 Å². The lowest BCUT2D eigenvalue weighted by Crippen LogP contribution is -2.55. The van der Waals surface area contributed by atoms with Crippen molar-refractivity contribution in [2.24, 2.45) is 0 Å². The summed E-state index contributed by atoms with van der Waals surface area (Å²) >= 11 is 0. The second-order valence-electron chi connectivity index (χ2n) is 7.83. The predicted molar refractivity (Wildman–Crippen MR) is 107 cm³/mol. The SMILES string of the molecule is O=C(N[C@H]1CC[C@@H](O)CC1)C(=O)N1CCN(C(=O)c2cc3ccccc3[nH]2)CC1. The number of fused-ring (bicyclic) bond motifs is 1. The second kappa shape index (κ2) is 8.24. The summed E-state index contributed by atoms with van der Waals surface area (Å²) in [4.78, 5) is 43.8. The standard InChI is InChI=1S/C21H26N4O4/c26-16-7-5-15(6-8-16)22-19(27)21(29)25-11-9-24(10-12-25)20(28)18-13-14-3-1-2-4-17(14)23-18/h1-4,13,15-16,23,26H,5-12H2,(H,22,27)/t15-,16+. The van der Waals surface area contributed by atoms with Crippen LogP contribution in [0.5, 0.6) is 0 Å². The smallest absolute Gasteiger partial charge is 0.312 e. The number of aromatic nitrogens is 1. The molecule has 0 bridgehead atoms. The van der Waals surface area contributed by atoms with Crippen molar-refractivity contribution in [2.45, 2.75) is 37.8 Å². The zero-order valence-corrected chi connectivity index (χ0v) is 16.3. The molecule has 2 heterocycles. The molecule has 154 valence electrons. The van der Waals surface area contributed by atoms with E-state index in [-0.39, 0.29) is 18.1 Å². The zero-order chi connectivity index (χ0) is 20.4. The van der Waals surface area contributed by atoms with Crippen molar-refractivity contribution >= 4 is 28.6 Å². The fourth-order valence-electron chi connectivity index (χ4n) is 4.08. The average Bonchev–Trinajstić information content (AvgIpc) is 3.18. The van der Waals surface area contributed by atoms with Crippen molar-refractivity contribution in [1.29, 1.82) is 0 Å². The number of carbonyl (C=O) groups excluding carboxylic acids is 3. The van der Waals surface area contributed by atoms with Crippen LogP contribution in [0.1, 0.15) is 36.2 Å². The molecule has 1 saturated carbocycles. The number of hydrogen-bond acceptors (Lipinski definition) is 4. The Balaban J connectivity index is 1.29. The first-order valence-electron chi connectivity index (χ1n) is 10.2. The van der Waals surface area contributed by atoms with Gasteiger partial charge in [-0.05, 0) is 37.8 Å². The molecule has 2 fully saturated rings. The van der Waals surface area contributed by atoms with E-state index in [9.17, 15) is 19.5 Å². The first kappa shape index (κ1) is 19.4. The van der Waals surface area contributed by atoms with Gasteiger partial charge in [0, 0.05) is 43.1 Å². The molecule has 1 aliphatic carbocycles. The number of benzene rings is 1. The monoisotopic (exact) mass is 398 g/mol. The van der Waals surface area contributed by atoms with E-state index in [0.29, 0.717) is 57.6 Å². The van der Waals surface area contributed by atoms with E-state index in [1.54, 1.807) is 4.90 Å².